The number of hydrogen-bond acceptors (Lipinski definition) is 7. The smallest absolute Gasteiger partial charge is 0.250 e. The van der Waals surface area contributed by atoms with Crippen LogP contribution in [-0.2, 0) is 11.8 Å². The van der Waals surface area contributed by atoms with Crippen LogP contribution in [0.4, 0.5) is 15.9 Å². The van der Waals surface area contributed by atoms with E-state index in [0.717, 1.165) is 48.3 Å². The average molecular weight is 605 g/mol. The van der Waals surface area contributed by atoms with E-state index in [9.17, 15) is 4.79 Å². The van der Waals surface area contributed by atoms with E-state index in [1.54, 1.807) is 53.7 Å². The molecule has 0 aliphatic carbocycles. The number of thiophene rings is 1. The zero-order chi connectivity index (χ0) is 31.1. The number of rotatable bonds is 7. The number of aryl methyl sites for hydroxylation is 3. The van der Waals surface area contributed by atoms with E-state index in [2.05, 4.69) is 27.0 Å². The second-order valence-corrected chi connectivity index (χ2v) is 11.7. The normalized spacial score (nSPS) is 11.1. The van der Waals surface area contributed by atoms with E-state index in [1.165, 1.54) is 6.07 Å². The molecule has 0 spiro atoms. The second-order valence-electron chi connectivity index (χ2n) is 10.7. The number of ether oxygens (including phenoxy) is 1. The molecule has 10 heteroatoms. The Labute approximate surface area is 257 Å². The summed E-state index contributed by atoms with van der Waals surface area (Å²) in [5.41, 5.74) is 13.5. The number of hydrogen-bond donors (Lipinski definition) is 2. The monoisotopic (exact) mass is 604 g/mol. The van der Waals surface area contributed by atoms with Crippen molar-refractivity contribution in [3.8, 4) is 44.3 Å². The third-order valence-corrected chi connectivity index (χ3v) is 8.46. The van der Waals surface area contributed by atoms with Crippen molar-refractivity contribution in [1.82, 2.24) is 19.7 Å². The third kappa shape index (κ3) is 5.43. The quantitative estimate of drug-likeness (QED) is 0.178. The van der Waals surface area contributed by atoms with Gasteiger partial charge >= 0.3 is 0 Å². The molecule has 4 aromatic heterocycles. The van der Waals surface area contributed by atoms with Crippen LogP contribution in [0.3, 0.4) is 0 Å². The maximum Gasteiger partial charge on any atom is 0.250 e. The van der Waals surface area contributed by atoms with E-state index >= 15 is 4.39 Å². The van der Waals surface area contributed by atoms with Crippen LogP contribution in [-0.4, -0.2) is 25.7 Å². The zero-order valence-corrected chi connectivity index (χ0v) is 25.4. The SMILES string of the molecule is C=C(C)C(=O)Nc1ccc(-c2sc3c(-c4cnn(C)c4)cnc(N)c3c2-c2ccc(Oc3cc(C)ccn3)c(F)c2)c(C)c1. The second kappa shape index (κ2) is 11.4. The number of pyridine rings is 2. The molecule has 6 rings (SSSR count). The van der Waals surface area contributed by atoms with Crippen molar-refractivity contribution in [1.29, 1.82) is 0 Å². The lowest BCUT2D eigenvalue weighted by Gasteiger charge is -2.13. The van der Waals surface area contributed by atoms with E-state index in [4.69, 9.17) is 10.5 Å². The van der Waals surface area contributed by atoms with Crippen molar-refractivity contribution < 1.29 is 13.9 Å². The van der Waals surface area contributed by atoms with Crippen molar-refractivity contribution >= 4 is 38.8 Å². The largest absolute Gasteiger partial charge is 0.436 e. The standard InChI is InChI=1S/C34H29FN6O2S/c1-18(2)34(42)40-23-7-8-24(20(4)13-23)31-29(21-6-9-27(26(35)14-21)43-28-12-19(3)10-11-37-28)30-32(44-31)25(16-38-33(30)36)22-15-39-41(5)17-22/h6-17H,1H2,2-5H3,(H2,36,38)(H,40,42). The highest BCUT2D eigenvalue weighted by Crippen LogP contribution is 2.50. The molecular weight excluding hydrogens is 575 g/mol. The van der Waals surface area contributed by atoms with Gasteiger partial charge in [-0.25, -0.2) is 14.4 Å². The minimum atomic E-state index is -0.541. The molecule has 0 aliphatic rings. The summed E-state index contributed by atoms with van der Waals surface area (Å²) in [6, 6.07) is 14.1. The first kappa shape index (κ1) is 28.8. The Balaban J connectivity index is 1.54. The fraction of sp³-hybridized carbons (Fsp3) is 0.118. The van der Waals surface area contributed by atoms with Gasteiger partial charge in [0.25, 0.3) is 5.91 Å². The molecule has 6 aromatic rings. The maximum atomic E-state index is 15.7. The maximum absolute atomic E-state index is 15.7. The number of benzene rings is 2. The first-order chi connectivity index (χ1) is 21.1. The van der Waals surface area contributed by atoms with Crippen LogP contribution in [0.25, 0.3) is 42.8 Å². The molecule has 0 radical (unpaired) electrons. The molecule has 3 N–H and O–H groups in total. The fourth-order valence-corrected chi connectivity index (χ4v) is 6.46. The third-order valence-electron chi connectivity index (χ3n) is 7.20. The zero-order valence-electron chi connectivity index (χ0n) is 24.6. The van der Waals surface area contributed by atoms with Gasteiger partial charge in [0.05, 0.1) is 6.20 Å². The number of carbonyl (C=O) groups excluding carboxylic acids is 1. The summed E-state index contributed by atoms with van der Waals surface area (Å²) in [4.78, 5) is 21.9. The predicted octanol–water partition coefficient (Wildman–Crippen LogP) is 8.07. The summed E-state index contributed by atoms with van der Waals surface area (Å²) >= 11 is 1.55. The van der Waals surface area contributed by atoms with Gasteiger partial charge in [-0.2, -0.15) is 5.10 Å². The number of fused-ring (bicyclic) bond motifs is 1. The van der Waals surface area contributed by atoms with Crippen LogP contribution in [0.2, 0.25) is 0 Å². The lowest BCUT2D eigenvalue weighted by molar-refractivity contribution is -0.112. The summed E-state index contributed by atoms with van der Waals surface area (Å²) < 4.78 is 24.1. The molecule has 0 saturated carbocycles. The summed E-state index contributed by atoms with van der Waals surface area (Å²) in [5.74, 6) is -0.0945. The summed E-state index contributed by atoms with van der Waals surface area (Å²) in [6.45, 7) is 9.26. The van der Waals surface area contributed by atoms with Gasteiger partial charge in [0.15, 0.2) is 11.6 Å². The van der Waals surface area contributed by atoms with E-state index in [0.29, 0.717) is 28.5 Å². The van der Waals surface area contributed by atoms with Crippen LogP contribution in [0.1, 0.15) is 18.1 Å². The number of amides is 1. The lowest BCUT2D eigenvalue weighted by Crippen LogP contribution is -2.11. The lowest BCUT2D eigenvalue weighted by atomic mass is 9.95. The molecule has 220 valence electrons. The van der Waals surface area contributed by atoms with Gasteiger partial charge in [-0.3, -0.25) is 9.48 Å². The predicted molar refractivity (Wildman–Crippen MR) is 174 cm³/mol. The van der Waals surface area contributed by atoms with Gasteiger partial charge in [-0.1, -0.05) is 18.7 Å². The van der Waals surface area contributed by atoms with Crippen LogP contribution in [0.15, 0.2) is 85.5 Å². The molecule has 0 unspecified atom stereocenters. The number of aromatic nitrogens is 4. The highest BCUT2D eigenvalue weighted by atomic mass is 32.1. The molecule has 4 heterocycles. The number of carbonyl (C=O) groups is 1. The number of nitrogens with one attached hydrogen (secondary N) is 1. The van der Waals surface area contributed by atoms with Crippen molar-refractivity contribution in [2.75, 3.05) is 11.1 Å². The van der Waals surface area contributed by atoms with Crippen LogP contribution < -0.4 is 15.8 Å². The first-order valence-corrected chi connectivity index (χ1v) is 14.6. The number of nitrogens with two attached hydrogens (primary N) is 1. The number of halogens is 1. The highest BCUT2D eigenvalue weighted by molar-refractivity contribution is 7.23. The van der Waals surface area contributed by atoms with Gasteiger partial charge in [-0.15, -0.1) is 11.3 Å². The molecule has 8 nitrogen and oxygen atoms in total. The highest BCUT2D eigenvalue weighted by Gasteiger charge is 2.24. The minimum absolute atomic E-state index is 0.0591. The van der Waals surface area contributed by atoms with Gasteiger partial charge in [-0.05, 0) is 73.4 Å². The topological polar surface area (TPSA) is 108 Å². The van der Waals surface area contributed by atoms with E-state index in [1.807, 2.05) is 57.4 Å². The molecule has 0 atom stereocenters. The summed E-state index contributed by atoms with van der Waals surface area (Å²) in [5, 5.41) is 7.93. The van der Waals surface area contributed by atoms with Crippen molar-refractivity contribution in [2.24, 2.45) is 7.05 Å². The Morgan fingerprint density at radius 3 is 2.55 bits per heavy atom. The van der Waals surface area contributed by atoms with E-state index < -0.39 is 5.82 Å². The molecule has 1 amide bonds. The van der Waals surface area contributed by atoms with Crippen LogP contribution in [0.5, 0.6) is 11.6 Å². The van der Waals surface area contributed by atoms with Crippen molar-refractivity contribution in [2.45, 2.75) is 20.8 Å². The molecule has 0 saturated heterocycles. The number of nitrogen functional groups attached to an aromatic ring is 1. The van der Waals surface area contributed by atoms with Crippen LogP contribution in [0, 0.1) is 19.7 Å². The molecule has 2 aromatic carbocycles. The van der Waals surface area contributed by atoms with Crippen molar-refractivity contribution in [3.05, 3.63) is 102 Å². The number of nitrogens with zero attached hydrogens (tertiary/aromatic N) is 4. The van der Waals surface area contributed by atoms with Gasteiger partial charge in [0.1, 0.15) is 5.82 Å². The Morgan fingerprint density at radius 2 is 1.86 bits per heavy atom. The molecule has 0 bridgehead atoms. The molecule has 44 heavy (non-hydrogen) atoms. The van der Waals surface area contributed by atoms with Crippen molar-refractivity contribution in [3.63, 3.8) is 0 Å². The van der Waals surface area contributed by atoms with Gasteiger partial charge in [0, 0.05) is 74.6 Å². The van der Waals surface area contributed by atoms with Gasteiger partial charge < -0.3 is 15.8 Å². The molecule has 0 aliphatic heterocycles. The average Bonchev–Trinajstić information content (AvgIpc) is 3.59. The molecule has 0 fully saturated rings. The summed E-state index contributed by atoms with van der Waals surface area (Å²) in [7, 11) is 1.85. The van der Waals surface area contributed by atoms with Crippen LogP contribution >= 0.6 is 11.3 Å². The minimum Gasteiger partial charge on any atom is -0.436 e. The first-order valence-electron chi connectivity index (χ1n) is 13.8. The Kier molecular flexibility index (Phi) is 7.44. The van der Waals surface area contributed by atoms with E-state index in [-0.39, 0.29) is 11.7 Å². The van der Waals surface area contributed by atoms with Gasteiger partial charge in [0.2, 0.25) is 5.88 Å². The number of anilines is 2. The fourth-order valence-electron chi connectivity index (χ4n) is 5.00. The Bertz CT molecular complexity index is 2100. The molecular formula is C34H29FN6O2S. The Hall–Kier alpha value is -5.35. The summed E-state index contributed by atoms with van der Waals surface area (Å²) in [6.07, 6.45) is 7.06. The Morgan fingerprint density at radius 1 is 1.05 bits per heavy atom.